The van der Waals surface area contributed by atoms with Crippen molar-refractivity contribution >= 4 is 28.3 Å². The lowest BCUT2D eigenvalue weighted by molar-refractivity contribution is 0.0950. The smallest absolute Gasteiger partial charge is 0.270 e. The van der Waals surface area contributed by atoms with Crippen molar-refractivity contribution in [3.8, 4) is 6.07 Å². The highest BCUT2D eigenvalue weighted by atomic mass is 32.1. The first-order chi connectivity index (χ1) is 16.4. The van der Waals surface area contributed by atoms with Crippen LogP contribution in [0.25, 0.3) is 0 Å². The Kier molecular flexibility index (Phi) is 7.49. The number of thiazole rings is 1. The number of anilines is 2. The van der Waals surface area contributed by atoms with Gasteiger partial charge in [-0.3, -0.25) is 14.4 Å². The van der Waals surface area contributed by atoms with Gasteiger partial charge >= 0.3 is 0 Å². The molecule has 0 spiro atoms. The third kappa shape index (κ3) is 5.58. The quantitative estimate of drug-likeness (QED) is 0.473. The van der Waals surface area contributed by atoms with E-state index in [9.17, 15) is 4.79 Å². The van der Waals surface area contributed by atoms with Gasteiger partial charge in [-0.1, -0.05) is 0 Å². The molecule has 2 N–H and O–H groups in total. The molecule has 1 fully saturated rings. The first-order valence-corrected chi connectivity index (χ1v) is 12.2. The number of aromatic nitrogens is 5. The number of likely N-dealkylation sites (tertiary alicyclic amines) is 1. The van der Waals surface area contributed by atoms with E-state index in [0.29, 0.717) is 29.9 Å². The molecule has 0 unspecified atom stereocenters. The van der Waals surface area contributed by atoms with Gasteiger partial charge in [0.2, 0.25) is 5.95 Å². The zero-order valence-corrected chi connectivity index (χ0v) is 20.5. The number of nitriles is 1. The van der Waals surface area contributed by atoms with Crippen molar-refractivity contribution in [2.75, 3.05) is 31.5 Å². The van der Waals surface area contributed by atoms with Gasteiger partial charge in [-0.15, -0.1) is 11.3 Å². The van der Waals surface area contributed by atoms with Crippen LogP contribution in [0.15, 0.2) is 17.6 Å². The monoisotopic (exact) mass is 479 g/mol. The molecule has 0 aliphatic carbocycles. The molecule has 0 aromatic carbocycles. The Morgan fingerprint density at radius 3 is 2.97 bits per heavy atom. The van der Waals surface area contributed by atoms with E-state index < -0.39 is 0 Å². The maximum atomic E-state index is 12.5. The first kappa shape index (κ1) is 23.8. The molecule has 3 aromatic rings. The molecule has 11 heteroatoms. The summed E-state index contributed by atoms with van der Waals surface area (Å²) < 4.78 is 1.86. The second-order valence-electron chi connectivity index (χ2n) is 8.48. The van der Waals surface area contributed by atoms with E-state index in [1.54, 1.807) is 11.6 Å². The van der Waals surface area contributed by atoms with Crippen LogP contribution in [0.3, 0.4) is 0 Å². The summed E-state index contributed by atoms with van der Waals surface area (Å²) in [5.74, 6) is 0.520. The average molecular weight is 480 g/mol. The minimum atomic E-state index is -0.210. The average Bonchev–Trinajstić information content (AvgIpc) is 3.39. The minimum absolute atomic E-state index is 0.210. The van der Waals surface area contributed by atoms with Gasteiger partial charge in [0.15, 0.2) is 5.13 Å². The van der Waals surface area contributed by atoms with Crippen molar-refractivity contribution < 1.29 is 4.79 Å². The maximum absolute atomic E-state index is 12.5. The van der Waals surface area contributed by atoms with Crippen molar-refractivity contribution in [3.63, 3.8) is 0 Å². The summed E-state index contributed by atoms with van der Waals surface area (Å²) in [7, 11) is 1.92. The van der Waals surface area contributed by atoms with E-state index >= 15 is 0 Å². The summed E-state index contributed by atoms with van der Waals surface area (Å²) >= 11 is 1.34. The predicted octanol–water partition coefficient (Wildman–Crippen LogP) is 2.70. The Balaban J connectivity index is 1.33. The standard InChI is InChI=1S/C23H29N9OS/c1-15-18(16(2)31(3)30-15)6-9-25-21(33)20-14-34-23(28-20)29-22-26-10-7-19(27-22)17-5-4-11-32(13-17)12-8-24/h7,10,14,17H,4-6,9,11-13H2,1-3H3,(H,25,33)(H,26,27,28,29)/t17-/m1/s1. The van der Waals surface area contributed by atoms with Crippen LogP contribution in [0.5, 0.6) is 0 Å². The highest BCUT2D eigenvalue weighted by Crippen LogP contribution is 2.26. The number of hydrogen-bond acceptors (Lipinski definition) is 9. The lowest BCUT2D eigenvalue weighted by atomic mass is 9.94. The summed E-state index contributed by atoms with van der Waals surface area (Å²) in [5, 5.41) is 21.7. The summed E-state index contributed by atoms with van der Waals surface area (Å²) in [6.07, 6.45) is 4.54. The van der Waals surface area contributed by atoms with Crippen LogP contribution in [0.2, 0.25) is 0 Å². The van der Waals surface area contributed by atoms with Gasteiger partial charge in [-0.05, 0) is 51.3 Å². The Hall–Kier alpha value is -3.36. The molecule has 1 aliphatic rings. The summed E-state index contributed by atoms with van der Waals surface area (Å²) in [6.45, 7) is 6.74. The van der Waals surface area contributed by atoms with Crippen LogP contribution in [-0.4, -0.2) is 61.7 Å². The molecular weight excluding hydrogens is 450 g/mol. The van der Waals surface area contributed by atoms with E-state index in [-0.39, 0.29) is 11.8 Å². The topological polar surface area (TPSA) is 125 Å². The molecule has 3 aromatic heterocycles. The molecule has 0 saturated carbocycles. The van der Waals surface area contributed by atoms with Gasteiger partial charge in [0.1, 0.15) is 5.69 Å². The zero-order chi connectivity index (χ0) is 24.1. The van der Waals surface area contributed by atoms with Crippen molar-refractivity contribution in [2.45, 2.75) is 39.0 Å². The van der Waals surface area contributed by atoms with E-state index in [1.807, 2.05) is 31.6 Å². The molecule has 0 radical (unpaired) electrons. The third-order valence-corrected chi connectivity index (χ3v) is 6.93. The number of nitrogens with one attached hydrogen (secondary N) is 2. The van der Waals surface area contributed by atoms with Gasteiger partial charge in [0.05, 0.1) is 24.0 Å². The SMILES string of the molecule is Cc1nn(C)c(C)c1CCNC(=O)c1csc(Nc2nccc([C@@H]3CCCN(CC#N)C3)n2)n1. The van der Waals surface area contributed by atoms with Gasteiger partial charge in [0, 0.05) is 43.3 Å². The lowest BCUT2D eigenvalue weighted by Crippen LogP contribution is -2.34. The van der Waals surface area contributed by atoms with Crippen LogP contribution < -0.4 is 10.6 Å². The third-order valence-electron chi connectivity index (χ3n) is 6.17. The highest BCUT2D eigenvalue weighted by Gasteiger charge is 2.22. The van der Waals surface area contributed by atoms with Crippen LogP contribution in [0, 0.1) is 25.2 Å². The largest absolute Gasteiger partial charge is 0.350 e. The van der Waals surface area contributed by atoms with Crippen LogP contribution >= 0.6 is 11.3 Å². The molecule has 10 nitrogen and oxygen atoms in total. The normalized spacial score (nSPS) is 16.2. The van der Waals surface area contributed by atoms with Crippen molar-refractivity contribution in [1.29, 1.82) is 5.26 Å². The van der Waals surface area contributed by atoms with E-state index in [0.717, 1.165) is 55.0 Å². The molecule has 1 atom stereocenters. The van der Waals surface area contributed by atoms with Crippen LogP contribution in [0.4, 0.5) is 11.1 Å². The summed E-state index contributed by atoms with van der Waals surface area (Å²) in [4.78, 5) is 28.1. The van der Waals surface area contributed by atoms with Crippen molar-refractivity contribution in [1.82, 2.24) is 34.9 Å². The number of carbonyl (C=O) groups excluding carboxylic acids is 1. The predicted molar refractivity (Wildman–Crippen MR) is 130 cm³/mol. The second kappa shape index (κ2) is 10.7. The van der Waals surface area contributed by atoms with E-state index in [4.69, 9.17) is 5.26 Å². The number of rotatable bonds is 8. The fraction of sp³-hybridized carbons (Fsp3) is 0.478. The second-order valence-corrected chi connectivity index (χ2v) is 9.34. The number of piperidine rings is 1. The summed E-state index contributed by atoms with van der Waals surface area (Å²) in [6, 6.07) is 4.16. The van der Waals surface area contributed by atoms with Crippen LogP contribution in [0.1, 0.15) is 51.9 Å². The molecule has 1 saturated heterocycles. The van der Waals surface area contributed by atoms with Crippen LogP contribution in [-0.2, 0) is 13.5 Å². The maximum Gasteiger partial charge on any atom is 0.270 e. The lowest BCUT2D eigenvalue weighted by Gasteiger charge is -2.30. The Labute approximate surface area is 203 Å². The molecule has 34 heavy (non-hydrogen) atoms. The molecular formula is C23H29N9OS. The highest BCUT2D eigenvalue weighted by molar-refractivity contribution is 7.14. The fourth-order valence-corrected chi connectivity index (χ4v) is 4.99. The van der Waals surface area contributed by atoms with Crippen molar-refractivity contribution in [3.05, 3.63) is 46.0 Å². The molecule has 4 rings (SSSR count). The van der Waals surface area contributed by atoms with E-state index in [1.165, 1.54) is 11.3 Å². The van der Waals surface area contributed by atoms with Gasteiger partial charge in [0.25, 0.3) is 5.91 Å². The van der Waals surface area contributed by atoms with E-state index in [2.05, 4.69) is 41.7 Å². The number of amides is 1. The van der Waals surface area contributed by atoms with Gasteiger partial charge < -0.3 is 10.6 Å². The molecule has 1 aliphatic heterocycles. The summed E-state index contributed by atoms with van der Waals surface area (Å²) in [5.41, 5.74) is 4.58. The van der Waals surface area contributed by atoms with Crippen molar-refractivity contribution in [2.24, 2.45) is 7.05 Å². The molecule has 4 heterocycles. The molecule has 0 bridgehead atoms. The molecule has 178 valence electrons. The molecule has 1 amide bonds. The number of nitrogens with zero attached hydrogens (tertiary/aromatic N) is 7. The van der Waals surface area contributed by atoms with Gasteiger partial charge in [-0.2, -0.15) is 10.4 Å². The number of hydrogen-bond donors (Lipinski definition) is 2. The zero-order valence-electron chi connectivity index (χ0n) is 19.7. The first-order valence-electron chi connectivity index (χ1n) is 11.4. The Morgan fingerprint density at radius 1 is 1.35 bits per heavy atom. The Morgan fingerprint density at radius 2 is 2.21 bits per heavy atom. The Bertz CT molecular complexity index is 1200. The van der Waals surface area contributed by atoms with Gasteiger partial charge in [-0.25, -0.2) is 15.0 Å². The number of aryl methyl sites for hydroxylation is 2. The minimum Gasteiger partial charge on any atom is -0.350 e. The number of carbonyl (C=O) groups is 1. The fourth-order valence-electron chi connectivity index (χ4n) is 4.30.